The van der Waals surface area contributed by atoms with Gasteiger partial charge in [-0.25, -0.2) is 4.79 Å². The van der Waals surface area contributed by atoms with Crippen molar-refractivity contribution >= 4 is 17.9 Å². The second-order valence-electron chi connectivity index (χ2n) is 5.39. The van der Waals surface area contributed by atoms with E-state index in [-0.39, 0.29) is 12.6 Å². The van der Waals surface area contributed by atoms with Crippen molar-refractivity contribution in [2.45, 2.75) is 45.1 Å². The molecule has 0 aliphatic heterocycles. The molecule has 1 rings (SSSR count). The zero-order chi connectivity index (χ0) is 15.1. The zero-order valence-electron chi connectivity index (χ0n) is 11.8. The molecule has 0 heterocycles. The van der Waals surface area contributed by atoms with E-state index >= 15 is 0 Å². The lowest BCUT2D eigenvalue weighted by molar-refractivity contribution is -0.137. The Balaban J connectivity index is 2.63. The van der Waals surface area contributed by atoms with Crippen molar-refractivity contribution in [2.75, 3.05) is 13.1 Å². The van der Waals surface area contributed by atoms with E-state index in [1.165, 1.54) is 0 Å². The third-order valence-electron chi connectivity index (χ3n) is 3.63. The Kier molecular flexibility index (Phi) is 6.27. The maximum atomic E-state index is 12.1. The van der Waals surface area contributed by atoms with Gasteiger partial charge in [-0.05, 0) is 18.8 Å². The summed E-state index contributed by atoms with van der Waals surface area (Å²) in [6, 6.07) is -0.515. The summed E-state index contributed by atoms with van der Waals surface area (Å²) in [4.78, 5) is 34.7. The molecule has 1 aliphatic carbocycles. The van der Waals surface area contributed by atoms with E-state index in [2.05, 4.69) is 12.2 Å². The first-order chi connectivity index (χ1) is 9.40. The Bertz CT molecular complexity index is 357. The van der Waals surface area contributed by atoms with Crippen molar-refractivity contribution in [3.63, 3.8) is 0 Å². The lowest BCUT2D eigenvalue weighted by Gasteiger charge is -2.27. The van der Waals surface area contributed by atoms with E-state index in [4.69, 9.17) is 10.8 Å². The first-order valence-electron chi connectivity index (χ1n) is 6.95. The predicted molar refractivity (Wildman–Crippen MR) is 73.0 cm³/mol. The largest absolute Gasteiger partial charge is 0.480 e. The molecule has 1 aliphatic rings. The van der Waals surface area contributed by atoms with Crippen LogP contribution in [0.25, 0.3) is 0 Å². The third kappa shape index (κ3) is 5.46. The molecule has 1 saturated carbocycles. The number of urea groups is 1. The van der Waals surface area contributed by atoms with Gasteiger partial charge in [-0.3, -0.25) is 9.59 Å². The number of hydrogen-bond acceptors (Lipinski definition) is 3. The molecule has 114 valence electrons. The van der Waals surface area contributed by atoms with Gasteiger partial charge in [0.1, 0.15) is 13.1 Å². The van der Waals surface area contributed by atoms with Gasteiger partial charge in [0, 0.05) is 6.04 Å². The van der Waals surface area contributed by atoms with Crippen LogP contribution < -0.4 is 11.1 Å². The van der Waals surface area contributed by atoms with E-state index in [1.54, 1.807) is 0 Å². The van der Waals surface area contributed by atoms with Crippen LogP contribution >= 0.6 is 0 Å². The fraction of sp³-hybridized carbons (Fsp3) is 0.769. The number of carboxylic acid groups (broad SMARTS) is 1. The zero-order valence-corrected chi connectivity index (χ0v) is 11.8. The highest BCUT2D eigenvalue weighted by atomic mass is 16.4. The number of hydrogen-bond donors (Lipinski definition) is 3. The second-order valence-corrected chi connectivity index (χ2v) is 5.39. The molecule has 2 atom stereocenters. The molecule has 7 nitrogen and oxygen atoms in total. The Labute approximate surface area is 118 Å². The smallest absolute Gasteiger partial charge is 0.323 e. The number of aliphatic carboxylic acids is 1. The summed E-state index contributed by atoms with van der Waals surface area (Å²) in [5, 5.41) is 11.6. The number of nitrogens with two attached hydrogens (primary N) is 1. The first-order valence-corrected chi connectivity index (χ1v) is 6.95. The van der Waals surface area contributed by atoms with Gasteiger partial charge in [0.2, 0.25) is 5.91 Å². The number of carbonyl (C=O) groups is 3. The Morgan fingerprint density at radius 3 is 2.45 bits per heavy atom. The second kappa shape index (κ2) is 7.72. The highest BCUT2D eigenvalue weighted by Gasteiger charge is 2.25. The number of nitrogens with one attached hydrogen (secondary N) is 1. The van der Waals surface area contributed by atoms with Gasteiger partial charge in [-0.2, -0.15) is 0 Å². The molecule has 2 unspecified atom stereocenters. The minimum absolute atomic E-state index is 0.0224. The molecule has 0 radical (unpaired) electrons. The van der Waals surface area contributed by atoms with Crippen LogP contribution in [0.15, 0.2) is 0 Å². The summed E-state index contributed by atoms with van der Waals surface area (Å²) < 4.78 is 0. The summed E-state index contributed by atoms with van der Waals surface area (Å²) in [7, 11) is 0. The molecule has 0 aromatic rings. The predicted octanol–water partition coefficient (Wildman–Crippen LogP) is 0.537. The molecule has 0 aromatic heterocycles. The SMILES string of the molecule is CC1CCCCCC1NC(=O)N(CC(N)=O)CC(=O)O. The Hall–Kier alpha value is -1.79. The van der Waals surface area contributed by atoms with Gasteiger partial charge in [0.15, 0.2) is 0 Å². The van der Waals surface area contributed by atoms with E-state index in [0.717, 1.165) is 37.0 Å². The molecule has 1 fully saturated rings. The highest BCUT2D eigenvalue weighted by molar-refractivity contribution is 5.86. The lowest BCUT2D eigenvalue weighted by Crippen LogP contribution is -2.50. The average Bonchev–Trinajstić information content (AvgIpc) is 2.53. The molecule has 20 heavy (non-hydrogen) atoms. The fourth-order valence-corrected chi connectivity index (χ4v) is 2.51. The van der Waals surface area contributed by atoms with Crippen molar-refractivity contribution in [1.82, 2.24) is 10.2 Å². The van der Waals surface area contributed by atoms with E-state index < -0.39 is 24.5 Å². The van der Waals surface area contributed by atoms with Crippen LogP contribution in [-0.4, -0.2) is 47.0 Å². The molecular formula is C13H23N3O4. The van der Waals surface area contributed by atoms with Gasteiger partial charge in [0.05, 0.1) is 0 Å². The molecule has 7 heteroatoms. The number of amides is 3. The lowest BCUT2D eigenvalue weighted by atomic mass is 9.97. The summed E-state index contributed by atoms with van der Waals surface area (Å²) in [6.07, 6.45) is 5.26. The van der Waals surface area contributed by atoms with Crippen molar-refractivity contribution in [3.05, 3.63) is 0 Å². The third-order valence-corrected chi connectivity index (χ3v) is 3.63. The summed E-state index contributed by atoms with van der Waals surface area (Å²) >= 11 is 0. The van der Waals surface area contributed by atoms with Gasteiger partial charge >= 0.3 is 12.0 Å². The maximum absolute atomic E-state index is 12.1. The average molecular weight is 285 g/mol. The number of carbonyl (C=O) groups excluding carboxylic acids is 2. The van der Waals surface area contributed by atoms with Gasteiger partial charge in [-0.1, -0.05) is 26.2 Å². The van der Waals surface area contributed by atoms with E-state index in [0.29, 0.717) is 5.92 Å². The van der Waals surface area contributed by atoms with Crippen LogP contribution in [-0.2, 0) is 9.59 Å². The summed E-state index contributed by atoms with van der Waals surface area (Å²) in [5.74, 6) is -1.55. The number of primary amides is 1. The Morgan fingerprint density at radius 1 is 1.20 bits per heavy atom. The first kappa shape index (κ1) is 16.3. The van der Waals surface area contributed by atoms with Crippen molar-refractivity contribution in [2.24, 2.45) is 11.7 Å². The highest BCUT2D eigenvalue weighted by Crippen LogP contribution is 2.23. The minimum atomic E-state index is -1.17. The number of rotatable bonds is 5. The number of nitrogens with zero attached hydrogens (tertiary/aromatic N) is 1. The molecule has 4 N–H and O–H groups in total. The minimum Gasteiger partial charge on any atom is -0.480 e. The normalized spacial score (nSPS) is 22.6. The van der Waals surface area contributed by atoms with Crippen LogP contribution in [0.2, 0.25) is 0 Å². The van der Waals surface area contributed by atoms with Crippen LogP contribution in [0.3, 0.4) is 0 Å². The molecular weight excluding hydrogens is 262 g/mol. The quantitative estimate of drug-likeness (QED) is 0.640. The fourth-order valence-electron chi connectivity index (χ4n) is 2.51. The van der Waals surface area contributed by atoms with Crippen LogP contribution in [0, 0.1) is 5.92 Å². The molecule has 0 bridgehead atoms. The van der Waals surface area contributed by atoms with Gasteiger partial charge in [-0.15, -0.1) is 0 Å². The molecule has 0 saturated heterocycles. The van der Waals surface area contributed by atoms with Gasteiger partial charge < -0.3 is 21.1 Å². The van der Waals surface area contributed by atoms with Crippen molar-refractivity contribution in [1.29, 1.82) is 0 Å². The van der Waals surface area contributed by atoms with Gasteiger partial charge in [0.25, 0.3) is 0 Å². The Morgan fingerprint density at radius 2 is 1.85 bits per heavy atom. The van der Waals surface area contributed by atoms with E-state index in [9.17, 15) is 14.4 Å². The molecule has 3 amide bonds. The molecule has 0 spiro atoms. The number of carboxylic acids is 1. The maximum Gasteiger partial charge on any atom is 0.323 e. The standard InChI is InChI=1S/C13H23N3O4/c1-9-5-3-2-4-6-10(9)15-13(20)16(7-11(14)17)8-12(18)19/h9-10H,2-8H2,1H3,(H2,14,17)(H,15,20)(H,18,19). The van der Waals surface area contributed by atoms with Crippen LogP contribution in [0.5, 0.6) is 0 Å². The molecule has 0 aromatic carbocycles. The van der Waals surface area contributed by atoms with E-state index in [1.807, 2.05) is 0 Å². The monoisotopic (exact) mass is 285 g/mol. The summed E-state index contributed by atoms with van der Waals surface area (Å²) in [5.41, 5.74) is 5.04. The summed E-state index contributed by atoms with van der Waals surface area (Å²) in [6.45, 7) is 1.15. The van der Waals surface area contributed by atoms with Crippen LogP contribution in [0.1, 0.15) is 39.0 Å². The van der Waals surface area contributed by atoms with Crippen LogP contribution in [0.4, 0.5) is 4.79 Å². The van der Waals surface area contributed by atoms with Crippen molar-refractivity contribution < 1.29 is 19.5 Å². The topological polar surface area (TPSA) is 113 Å². The van der Waals surface area contributed by atoms with Crippen molar-refractivity contribution in [3.8, 4) is 0 Å².